The van der Waals surface area contributed by atoms with Crippen molar-refractivity contribution in [2.24, 2.45) is 4.99 Å². The molecule has 0 saturated carbocycles. The summed E-state index contributed by atoms with van der Waals surface area (Å²) in [6.07, 6.45) is -5.08. The van der Waals surface area contributed by atoms with E-state index in [0.717, 1.165) is 6.07 Å². The molecule has 0 bridgehead atoms. The lowest BCUT2D eigenvalue weighted by molar-refractivity contribution is -0.192. The summed E-state index contributed by atoms with van der Waals surface area (Å²) in [5, 5.41) is 34.9. The Labute approximate surface area is 178 Å². The van der Waals surface area contributed by atoms with Crippen LogP contribution in [0.2, 0.25) is 5.02 Å². The molecule has 0 aliphatic rings. The fourth-order valence-electron chi connectivity index (χ4n) is 1.73. The van der Waals surface area contributed by atoms with E-state index in [0.29, 0.717) is 16.5 Å². The Morgan fingerprint density at radius 3 is 2.58 bits per heavy atom. The number of halogens is 5. The highest BCUT2D eigenvalue weighted by Crippen LogP contribution is 2.22. The molecule has 0 atom stereocenters. The van der Waals surface area contributed by atoms with E-state index in [1.54, 1.807) is 5.51 Å². The second kappa shape index (κ2) is 10.6. The molecule has 0 unspecified atom stereocenters. The number of carboxylic acid groups (broad SMARTS) is 1. The van der Waals surface area contributed by atoms with Crippen LogP contribution in [-0.2, 0) is 11.3 Å². The van der Waals surface area contributed by atoms with Crippen molar-refractivity contribution in [2.45, 2.75) is 12.7 Å². The van der Waals surface area contributed by atoms with Crippen molar-refractivity contribution in [1.82, 2.24) is 26.0 Å². The van der Waals surface area contributed by atoms with E-state index in [9.17, 15) is 22.8 Å². The zero-order chi connectivity index (χ0) is 23.0. The molecule has 17 heteroatoms. The largest absolute Gasteiger partial charge is 0.490 e. The number of hydrogen-bond donors (Lipinski definition) is 4. The summed E-state index contributed by atoms with van der Waals surface area (Å²) in [5.74, 6) is -3.36. The molecule has 31 heavy (non-hydrogen) atoms. The maximum absolute atomic E-state index is 13.2. The van der Waals surface area contributed by atoms with Crippen molar-refractivity contribution in [3.05, 3.63) is 45.9 Å². The van der Waals surface area contributed by atoms with Crippen LogP contribution < -0.4 is 10.8 Å². The number of rotatable bonds is 5. The summed E-state index contributed by atoms with van der Waals surface area (Å²) in [5.41, 5.74) is 4.35. The summed E-state index contributed by atoms with van der Waals surface area (Å²) in [6, 6.07) is 3.86. The van der Waals surface area contributed by atoms with Crippen molar-refractivity contribution in [3.8, 4) is 0 Å². The highest BCUT2D eigenvalue weighted by molar-refractivity contribution is 7.13. The number of aliphatic imine (C=N–C) groups is 1. The highest BCUT2D eigenvalue weighted by atomic mass is 35.5. The molecule has 4 N–H and O–H groups in total. The monoisotopic (exact) mass is 483 g/mol. The number of carboxylic acids is 1. The fraction of sp³-hybridized carbons (Fsp3) is 0.143. The van der Waals surface area contributed by atoms with E-state index < -0.39 is 18.0 Å². The van der Waals surface area contributed by atoms with Crippen LogP contribution in [-0.4, -0.2) is 48.8 Å². The van der Waals surface area contributed by atoms with Crippen LogP contribution in [0.25, 0.3) is 0 Å². The van der Waals surface area contributed by atoms with Crippen LogP contribution in [0.3, 0.4) is 0 Å². The Bertz CT molecular complexity index is 1050. The Balaban J connectivity index is 0.000000423. The van der Waals surface area contributed by atoms with Crippen molar-refractivity contribution >= 4 is 45.6 Å². The first kappa shape index (κ1) is 23.9. The zero-order valence-electron chi connectivity index (χ0n) is 14.8. The van der Waals surface area contributed by atoms with Crippen LogP contribution in [0.1, 0.15) is 11.4 Å². The van der Waals surface area contributed by atoms with Gasteiger partial charge in [0.05, 0.1) is 17.3 Å². The summed E-state index contributed by atoms with van der Waals surface area (Å²) >= 11 is 7.02. The number of amidine groups is 1. The lowest BCUT2D eigenvalue weighted by Gasteiger charge is -2.04. The second-order valence-electron chi connectivity index (χ2n) is 5.13. The Kier molecular flexibility index (Phi) is 8.17. The van der Waals surface area contributed by atoms with Gasteiger partial charge in [0.25, 0.3) is 0 Å². The number of carbonyl (C=O) groups is 1. The van der Waals surface area contributed by atoms with Crippen molar-refractivity contribution in [2.75, 3.05) is 5.32 Å². The van der Waals surface area contributed by atoms with Crippen LogP contribution in [0.5, 0.6) is 0 Å². The zero-order valence-corrected chi connectivity index (χ0v) is 16.3. The van der Waals surface area contributed by atoms with Gasteiger partial charge in [0.15, 0.2) is 11.5 Å². The molecule has 3 rings (SSSR count). The fourth-order valence-corrected chi connectivity index (χ4v) is 2.35. The number of aromatic nitrogens is 4. The van der Waals surface area contributed by atoms with E-state index >= 15 is 0 Å². The average molecular weight is 484 g/mol. The molecule has 166 valence electrons. The van der Waals surface area contributed by atoms with Gasteiger partial charge in [-0.1, -0.05) is 28.1 Å². The quantitative estimate of drug-likeness (QED) is 0.184. The number of hydroxylamine groups is 1. The third kappa shape index (κ3) is 7.12. The Morgan fingerprint density at radius 1 is 1.32 bits per heavy atom. The number of benzene rings is 1. The molecule has 0 spiro atoms. The minimum atomic E-state index is -5.08. The molecule has 0 fully saturated rings. The average Bonchev–Trinajstić information content (AvgIpc) is 3.38. The smallest absolute Gasteiger partial charge is 0.475 e. The van der Waals surface area contributed by atoms with Gasteiger partial charge in [-0.15, -0.1) is 10.2 Å². The number of nitrogens with one attached hydrogen (secondary N) is 2. The normalized spacial score (nSPS) is 11.5. The summed E-state index contributed by atoms with van der Waals surface area (Å²) in [6.45, 7) is 0.221. The van der Waals surface area contributed by atoms with Gasteiger partial charge in [-0.25, -0.2) is 18.8 Å². The van der Waals surface area contributed by atoms with Gasteiger partial charge >= 0.3 is 12.1 Å². The SMILES string of the molecule is O=C(O)C(F)(F)F.ONC(=Nc1ccc(F)c(Cl)c1)c1nonc1CNc1nncs1. The van der Waals surface area contributed by atoms with E-state index in [-0.39, 0.29) is 23.1 Å². The minimum absolute atomic E-state index is 0.0343. The van der Waals surface area contributed by atoms with Crippen molar-refractivity contribution in [1.29, 1.82) is 0 Å². The van der Waals surface area contributed by atoms with Gasteiger partial charge in [-0.05, 0) is 23.4 Å². The third-order valence-electron chi connectivity index (χ3n) is 3.04. The van der Waals surface area contributed by atoms with E-state index in [4.69, 9.17) is 21.5 Å². The van der Waals surface area contributed by atoms with Gasteiger partial charge in [0, 0.05) is 0 Å². The van der Waals surface area contributed by atoms with Gasteiger partial charge < -0.3 is 10.4 Å². The molecule has 0 aliphatic heterocycles. The van der Waals surface area contributed by atoms with Crippen LogP contribution >= 0.6 is 22.9 Å². The topological polar surface area (TPSA) is 159 Å². The molecular weight excluding hydrogens is 474 g/mol. The maximum atomic E-state index is 13.2. The molecule has 2 aromatic heterocycles. The van der Waals surface area contributed by atoms with Crippen LogP contribution in [0.4, 0.5) is 28.4 Å². The number of anilines is 1. The van der Waals surface area contributed by atoms with Crippen molar-refractivity contribution in [3.63, 3.8) is 0 Å². The van der Waals surface area contributed by atoms with E-state index in [1.165, 1.54) is 23.5 Å². The van der Waals surface area contributed by atoms with Gasteiger partial charge in [0.1, 0.15) is 17.0 Å². The van der Waals surface area contributed by atoms with E-state index in [2.05, 4.69) is 35.4 Å². The first-order chi connectivity index (χ1) is 14.6. The number of alkyl halides is 3. The van der Waals surface area contributed by atoms with Crippen LogP contribution in [0.15, 0.2) is 33.3 Å². The molecule has 0 aliphatic carbocycles. The van der Waals surface area contributed by atoms with Gasteiger partial charge in [0.2, 0.25) is 5.13 Å². The lowest BCUT2D eigenvalue weighted by Crippen LogP contribution is -2.22. The Hall–Kier alpha value is -3.37. The minimum Gasteiger partial charge on any atom is -0.475 e. The first-order valence-electron chi connectivity index (χ1n) is 7.67. The first-order valence-corrected chi connectivity index (χ1v) is 8.93. The second-order valence-corrected chi connectivity index (χ2v) is 6.37. The number of nitrogens with zero attached hydrogens (tertiary/aromatic N) is 5. The molecule has 2 heterocycles. The van der Waals surface area contributed by atoms with Crippen molar-refractivity contribution < 1.29 is 37.3 Å². The van der Waals surface area contributed by atoms with Gasteiger partial charge in [-0.3, -0.25) is 10.7 Å². The number of aliphatic carboxylic acids is 1. The molecule has 3 aromatic rings. The standard InChI is InChI=1S/C12H9ClFN7O2S.C2HF3O2/c13-7-3-6(1-2-8(7)14)17-11(19-22)10-9(20-23-21-10)4-15-12-18-16-5-24-12;3-2(4,5)1(6)7/h1-3,5,22H,4H2,(H,15,18)(H,17,19);(H,6,7). The predicted molar refractivity (Wildman–Crippen MR) is 97.8 cm³/mol. The highest BCUT2D eigenvalue weighted by Gasteiger charge is 2.38. The van der Waals surface area contributed by atoms with E-state index in [1.807, 2.05) is 5.48 Å². The summed E-state index contributed by atoms with van der Waals surface area (Å²) in [7, 11) is 0. The molecular formula is C14H10ClF4N7O4S. The predicted octanol–water partition coefficient (Wildman–Crippen LogP) is 3.02. The lowest BCUT2D eigenvalue weighted by atomic mass is 10.2. The maximum Gasteiger partial charge on any atom is 0.490 e. The molecule has 11 nitrogen and oxygen atoms in total. The summed E-state index contributed by atoms with van der Waals surface area (Å²) in [4.78, 5) is 13.0. The summed E-state index contributed by atoms with van der Waals surface area (Å²) < 4.78 is 49.6. The van der Waals surface area contributed by atoms with Crippen LogP contribution in [0, 0.1) is 5.82 Å². The Morgan fingerprint density at radius 2 is 2.03 bits per heavy atom. The third-order valence-corrected chi connectivity index (χ3v) is 3.98. The molecule has 0 amide bonds. The number of hydrogen-bond acceptors (Lipinski definition) is 10. The molecule has 0 radical (unpaired) electrons. The molecule has 1 aromatic carbocycles. The van der Waals surface area contributed by atoms with Gasteiger partial charge in [-0.2, -0.15) is 13.2 Å². The molecule has 0 saturated heterocycles.